The molecule has 1 aliphatic rings. The minimum absolute atomic E-state index is 0.476. The second-order valence-electron chi connectivity index (χ2n) is 5.80. The summed E-state index contributed by atoms with van der Waals surface area (Å²) >= 11 is 0. The maximum Gasteiger partial charge on any atom is 0.0798 e. The van der Waals surface area contributed by atoms with E-state index in [-0.39, 0.29) is 0 Å². The second-order valence-corrected chi connectivity index (χ2v) is 5.80. The number of aryl methyl sites for hydroxylation is 2. The molecule has 1 atom stereocenters. The van der Waals surface area contributed by atoms with Crippen LogP contribution in [0.3, 0.4) is 0 Å². The number of hydrogen-bond acceptors (Lipinski definition) is 2. The van der Waals surface area contributed by atoms with Crippen molar-refractivity contribution in [2.45, 2.75) is 38.8 Å². The molecule has 1 saturated heterocycles. The molecule has 3 heteroatoms. The molecule has 0 radical (unpaired) electrons. The molecule has 1 fully saturated rings. The van der Waals surface area contributed by atoms with Crippen molar-refractivity contribution in [2.75, 3.05) is 6.54 Å². The van der Waals surface area contributed by atoms with Crippen molar-refractivity contribution < 1.29 is 0 Å². The molecule has 1 unspecified atom stereocenters. The predicted octanol–water partition coefficient (Wildman–Crippen LogP) is 3.46. The molecule has 1 aromatic heterocycles. The second kappa shape index (κ2) is 5.80. The van der Waals surface area contributed by atoms with Crippen molar-refractivity contribution >= 4 is 0 Å². The number of aromatic nitrogens is 2. The number of likely N-dealkylation sites (tertiary alicyclic amines) is 1. The first-order chi connectivity index (χ1) is 9.74. The summed E-state index contributed by atoms with van der Waals surface area (Å²) in [4.78, 5) is 2.58. The third-order valence-corrected chi connectivity index (χ3v) is 4.32. The van der Waals surface area contributed by atoms with Crippen LogP contribution in [0.4, 0.5) is 0 Å². The summed E-state index contributed by atoms with van der Waals surface area (Å²) in [6.07, 6.45) is 3.84. The molecule has 2 heterocycles. The Balaban J connectivity index is 1.80. The molecule has 1 aromatic carbocycles. The predicted molar refractivity (Wildman–Crippen MR) is 81.4 cm³/mol. The zero-order chi connectivity index (χ0) is 13.9. The van der Waals surface area contributed by atoms with Crippen molar-refractivity contribution in [1.29, 1.82) is 0 Å². The van der Waals surface area contributed by atoms with Gasteiger partial charge in [0.2, 0.25) is 0 Å². The molecule has 106 valence electrons. The van der Waals surface area contributed by atoms with Crippen molar-refractivity contribution in [1.82, 2.24) is 14.7 Å². The molecular weight excluding hydrogens is 246 g/mol. The highest BCUT2D eigenvalue weighted by Crippen LogP contribution is 2.31. The van der Waals surface area contributed by atoms with Gasteiger partial charge in [-0.25, -0.2) is 0 Å². The first-order valence-electron chi connectivity index (χ1n) is 7.52. The quantitative estimate of drug-likeness (QED) is 0.851. The number of piperidine rings is 1. The van der Waals surface area contributed by atoms with E-state index in [2.05, 4.69) is 48.2 Å². The standard InChI is InChI=1S/C17H23N3/c1-14-12-16(18-19(14)2)17-10-6-7-11-20(17)13-15-8-4-3-5-9-15/h3-5,8-9,12,17H,6-7,10-11,13H2,1-2H3. The van der Waals surface area contributed by atoms with Gasteiger partial charge in [-0.05, 0) is 37.9 Å². The van der Waals surface area contributed by atoms with Crippen molar-refractivity contribution in [3.05, 3.63) is 53.3 Å². The van der Waals surface area contributed by atoms with Crippen LogP contribution in [-0.4, -0.2) is 21.2 Å². The van der Waals surface area contributed by atoms with E-state index < -0.39 is 0 Å². The fourth-order valence-corrected chi connectivity index (χ4v) is 3.08. The molecule has 0 bridgehead atoms. The molecule has 1 aliphatic heterocycles. The molecule has 3 nitrogen and oxygen atoms in total. The van der Waals surface area contributed by atoms with Gasteiger partial charge in [0.15, 0.2) is 0 Å². The zero-order valence-electron chi connectivity index (χ0n) is 12.4. The lowest BCUT2D eigenvalue weighted by atomic mass is 9.98. The summed E-state index contributed by atoms with van der Waals surface area (Å²) in [7, 11) is 2.03. The van der Waals surface area contributed by atoms with E-state index in [4.69, 9.17) is 5.10 Å². The molecule has 0 aliphatic carbocycles. The van der Waals surface area contributed by atoms with Crippen LogP contribution in [0.25, 0.3) is 0 Å². The van der Waals surface area contributed by atoms with E-state index in [9.17, 15) is 0 Å². The summed E-state index contributed by atoms with van der Waals surface area (Å²) < 4.78 is 1.99. The third-order valence-electron chi connectivity index (χ3n) is 4.32. The maximum absolute atomic E-state index is 4.70. The topological polar surface area (TPSA) is 21.1 Å². The first kappa shape index (κ1) is 13.4. The van der Waals surface area contributed by atoms with Crippen LogP contribution >= 0.6 is 0 Å². The Hall–Kier alpha value is -1.61. The van der Waals surface area contributed by atoms with Crippen molar-refractivity contribution in [2.24, 2.45) is 7.05 Å². The van der Waals surface area contributed by atoms with Crippen molar-refractivity contribution in [3.63, 3.8) is 0 Å². The lowest BCUT2D eigenvalue weighted by molar-refractivity contribution is 0.137. The Labute approximate surface area is 121 Å². The largest absolute Gasteiger partial charge is 0.290 e. The highest BCUT2D eigenvalue weighted by atomic mass is 15.3. The van der Waals surface area contributed by atoms with Gasteiger partial charge in [-0.2, -0.15) is 5.10 Å². The Morgan fingerprint density at radius 3 is 2.70 bits per heavy atom. The average Bonchev–Trinajstić information content (AvgIpc) is 2.80. The summed E-state index contributed by atoms with van der Waals surface area (Å²) in [6.45, 7) is 4.33. The highest BCUT2D eigenvalue weighted by Gasteiger charge is 2.26. The van der Waals surface area contributed by atoms with E-state index >= 15 is 0 Å². The van der Waals surface area contributed by atoms with E-state index in [1.807, 2.05) is 11.7 Å². The van der Waals surface area contributed by atoms with Crippen LogP contribution in [0, 0.1) is 6.92 Å². The van der Waals surface area contributed by atoms with Crippen LogP contribution in [0.2, 0.25) is 0 Å². The number of benzene rings is 1. The number of nitrogens with zero attached hydrogens (tertiary/aromatic N) is 3. The minimum Gasteiger partial charge on any atom is -0.290 e. The lowest BCUT2D eigenvalue weighted by Gasteiger charge is -2.34. The van der Waals surface area contributed by atoms with Gasteiger partial charge in [-0.3, -0.25) is 9.58 Å². The first-order valence-corrected chi connectivity index (χ1v) is 7.52. The smallest absolute Gasteiger partial charge is 0.0798 e. The number of hydrogen-bond donors (Lipinski definition) is 0. The Morgan fingerprint density at radius 2 is 2.00 bits per heavy atom. The van der Waals surface area contributed by atoms with Crippen LogP contribution in [-0.2, 0) is 13.6 Å². The zero-order valence-corrected chi connectivity index (χ0v) is 12.4. The third kappa shape index (κ3) is 2.78. The molecular formula is C17H23N3. The Bertz CT molecular complexity index is 539. The monoisotopic (exact) mass is 269 g/mol. The van der Waals surface area contributed by atoms with Crippen LogP contribution in [0.1, 0.15) is 42.3 Å². The fraction of sp³-hybridized carbons (Fsp3) is 0.471. The molecule has 2 aromatic rings. The van der Waals surface area contributed by atoms with E-state index in [1.165, 1.54) is 42.8 Å². The summed E-state index contributed by atoms with van der Waals surface area (Å²) in [6, 6.07) is 13.5. The summed E-state index contributed by atoms with van der Waals surface area (Å²) in [5, 5.41) is 4.70. The Morgan fingerprint density at radius 1 is 1.20 bits per heavy atom. The van der Waals surface area contributed by atoms with Gasteiger partial charge in [0.05, 0.1) is 11.7 Å². The molecule has 0 spiro atoms. The normalized spacial score (nSPS) is 20.2. The summed E-state index contributed by atoms with van der Waals surface area (Å²) in [5.74, 6) is 0. The molecule has 20 heavy (non-hydrogen) atoms. The molecule has 0 N–H and O–H groups in total. The fourth-order valence-electron chi connectivity index (χ4n) is 3.08. The van der Waals surface area contributed by atoms with Gasteiger partial charge in [0.1, 0.15) is 0 Å². The SMILES string of the molecule is Cc1cc(C2CCCCN2Cc2ccccc2)nn1C. The van der Waals surface area contributed by atoms with Gasteiger partial charge in [0, 0.05) is 19.3 Å². The average molecular weight is 269 g/mol. The van der Waals surface area contributed by atoms with E-state index in [0.29, 0.717) is 6.04 Å². The lowest BCUT2D eigenvalue weighted by Crippen LogP contribution is -2.33. The maximum atomic E-state index is 4.70. The van der Waals surface area contributed by atoms with Crippen molar-refractivity contribution in [3.8, 4) is 0 Å². The van der Waals surface area contributed by atoms with Crippen LogP contribution in [0.5, 0.6) is 0 Å². The minimum atomic E-state index is 0.476. The van der Waals surface area contributed by atoms with Gasteiger partial charge >= 0.3 is 0 Å². The van der Waals surface area contributed by atoms with E-state index in [0.717, 1.165) is 6.54 Å². The highest BCUT2D eigenvalue weighted by molar-refractivity contribution is 5.17. The Kier molecular flexibility index (Phi) is 3.88. The van der Waals surface area contributed by atoms with Crippen LogP contribution in [0.15, 0.2) is 36.4 Å². The molecule has 0 amide bonds. The van der Waals surface area contributed by atoms with Gasteiger partial charge in [0.25, 0.3) is 0 Å². The number of rotatable bonds is 3. The molecule has 0 saturated carbocycles. The van der Waals surface area contributed by atoms with Gasteiger partial charge in [-0.1, -0.05) is 36.8 Å². The van der Waals surface area contributed by atoms with Crippen LogP contribution < -0.4 is 0 Å². The summed E-state index contributed by atoms with van der Waals surface area (Å²) in [5.41, 5.74) is 3.87. The molecule has 3 rings (SSSR count). The van der Waals surface area contributed by atoms with Gasteiger partial charge in [-0.15, -0.1) is 0 Å². The van der Waals surface area contributed by atoms with E-state index in [1.54, 1.807) is 0 Å². The van der Waals surface area contributed by atoms with Gasteiger partial charge < -0.3 is 0 Å².